The minimum atomic E-state index is -1.14. The number of aliphatic carboxylic acids is 1. The molecule has 0 heterocycles. The monoisotopic (exact) mass is 198 g/mol. The fourth-order valence-electron chi connectivity index (χ4n) is 0.594. The first-order valence-electron chi connectivity index (χ1n) is 2.95. The van der Waals surface area contributed by atoms with Gasteiger partial charge in [0.25, 0.3) is 0 Å². The lowest BCUT2D eigenvalue weighted by Gasteiger charge is -2.09. The average Bonchev–Trinajstić information content (AvgIpc) is 1.81. The normalized spacial score (nSPS) is 13.1. The summed E-state index contributed by atoms with van der Waals surface area (Å²) in [6.45, 7) is 1.30. The third-order valence-electron chi connectivity index (χ3n) is 1.13. The molecule has 1 unspecified atom stereocenters. The average molecular weight is 199 g/mol. The van der Waals surface area contributed by atoms with Crippen LogP contribution < -0.4 is 0 Å². The minimum Gasteiger partial charge on any atom is -0.481 e. The highest BCUT2D eigenvalue weighted by Gasteiger charge is 2.25. The van der Waals surface area contributed by atoms with E-state index in [0.717, 1.165) is 0 Å². The third-order valence-corrected chi connectivity index (χ3v) is 1.74. The Hall–Kier alpha value is -0.280. The van der Waals surface area contributed by atoms with E-state index in [1.54, 1.807) is 0 Å². The quantitative estimate of drug-likeness (QED) is 0.697. The van der Waals surface area contributed by atoms with Crippen LogP contribution in [0.3, 0.4) is 0 Å². The summed E-state index contributed by atoms with van der Waals surface area (Å²) in [6.07, 6.45) is -0.118. The third kappa shape index (κ3) is 4.22. The number of halogens is 2. The number of carboxylic acids is 1. The van der Waals surface area contributed by atoms with Crippen molar-refractivity contribution in [1.82, 2.24) is 0 Å². The van der Waals surface area contributed by atoms with Crippen molar-refractivity contribution in [2.45, 2.75) is 18.2 Å². The second-order valence-corrected chi connectivity index (χ2v) is 3.35. The van der Waals surface area contributed by atoms with Crippen molar-refractivity contribution in [2.75, 3.05) is 0 Å². The molecule has 0 bridgehead atoms. The number of Topliss-reactive ketones (excluding diaryl/α,β-unsaturated/α-hetero) is 1. The Balaban J connectivity index is 4.12. The lowest BCUT2D eigenvalue weighted by Crippen LogP contribution is -2.22. The number of alkyl halides is 2. The fourth-order valence-corrected chi connectivity index (χ4v) is 0.988. The smallest absolute Gasteiger partial charge is 0.309 e. The van der Waals surface area contributed by atoms with Crippen molar-refractivity contribution in [2.24, 2.45) is 5.92 Å². The Morgan fingerprint density at radius 2 is 1.91 bits per heavy atom. The van der Waals surface area contributed by atoms with E-state index >= 15 is 0 Å². The molecule has 0 amide bonds. The summed E-state index contributed by atoms with van der Waals surface area (Å²) in [5.41, 5.74) is 0. The van der Waals surface area contributed by atoms with Crippen LogP contribution in [0.4, 0.5) is 0 Å². The molecule has 64 valence electrons. The van der Waals surface area contributed by atoms with Crippen LogP contribution >= 0.6 is 23.2 Å². The van der Waals surface area contributed by atoms with Crippen LogP contribution in [0.5, 0.6) is 0 Å². The van der Waals surface area contributed by atoms with E-state index in [1.165, 1.54) is 6.92 Å². The maximum absolute atomic E-state index is 10.5. The standard InChI is InChI=1S/C6H8Cl2O3/c1-3(9)2-4(5(7)8)6(10)11/h4-5H,2H2,1H3,(H,10,11). The summed E-state index contributed by atoms with van der Waals surface area (Å²) >= 11 is 10.6. The molecule has 3 nitrogen and oxygen atoms in total. The molecule has 0 fully saturated rings. The van der Waals surface area contributed by atoms with Gasteiger partial charge in [0.15, 0.2) is 0 Å². The van der Waals surface area contributed by atoms with Crippen LogP contribution in [0.15, 0.2) is 0 Å². The summed E-state index contributed by atoms with van der Waals surface area (Å²) in [7, 11) is 0. The van der Waals surface area contributed by atoms with Gasteiger partial charge in [-0.2, -0.15) is 0 Å². The number of ketones is 1. The molecule has 0 radical (unpaired) electrons. The summed E-state index contributed by atoms with van der Waals surface area (Å²) in [6, 6.07) is 0. The lowest BCUT2D eigenvalue weighted by molar-refractivity contribution is -0.143. The van der Waals surface area contributed by atoms with Crippen molar-refractivity contribution in [3.8, 4) is 0 Å². The highest BCUT2D eigenvalue weighted by Crippen LogP contribution is 2.19. The van der Waals surface area contributed by atoms with Crippen molar-refractivity contribution in [1.29, 1.82) is 0 Å². The summed E-state index contributed by atoms with van der Waals surface area (Å²) in [4.78, 5) is 19.8. The summed E-state index contributed by atoms with van der Waals surface area (Å²) in [5.74, 6) is -2.37. The molecule has 1 atom stereocenters. The van der Waals surface area contributed by atoms with E-state index in [-0.39, 0.29) is 12.2 Å². The maximum Gasteiger partial charge on any atom is 0.309 e. The van der Waals surface area contributed by atoms with Gasteiger partial charge < -0.3 is 9.90 Å². The molecule has 0 aliphatic heterocycles. The number of carbonyl (C=O) groups excluding carboxylic acids is 1. The lowest BCUT2D eigenvalue weighted by atomic mass is 10.1. The molecular weight excluding hydrogens is 191 g/mol. The zero-order valence-corrected chi connectivity index (χ0v) is 7.39. The molecule has 11 heavy (non-hydrogen) atoms. The highest BCUT2D eigenvalue weighted by atomic mass is 35.5. The van der Waals surface area contributed by atoms with Gasteiger partial charge in [-0.05, 0) is 6.92 Å². The highest BCUT2D eigenvalue weighted by molar-refractivity contribution is 6.45. The Morgan fingerprint density at radius 1 is 1.45 bits per heavy atom. The van der Waals surface area contributed by atoms with E-state index < -0.39 is 16.7 Å². The van der Waals surface area contributed by atoms with Crippen molar-refractivity contribution in [3.05, 3.63) is 0 Å². The van der Waals surface area contributed by atoms with E-state index in [1.807, 2.05) is 0 Å². The molecule has 0 rings (SSSR count). The van der Waals surface area contributed by atoms with Gasteiger partial charge in [-0.3, -0.25) is 4.79 Å². The second-order valence-electron chi connectivity index (χ2n) is 2.19. The molecule has 1 N–H and O–H groups in total. The van der Waals surface area contributed by atoms with Gasteiger partial charge in [0.05, 0.1) is 5.92 Å². The first kappa shape index (κ1) is 10.7. The predicted molar refractivity (Wildman–Crippen MR) is 41.9 cm³/mol. The number of carbonyl (C=O) groups is 2. The first-order chi connectivity index (χ1) is 4.95. The van der Waals surface area contributed by atoms with Crippen LogP contribution in [0.25, 0.3) is 0 Å². The molecule has 0 spiro atoms. The number of carboxylic acid groups (broad SMARTS) is 1. The van der Waals surface area contributed by atoms with Gasteiger partial charge in [0.1, 0.15) is 10.6 Å². The molecule has 0 aromatic heterocycles. The molecule has 0 saturated heterocycles. The topological polar surface area (TPSA) is 54.4 Å². The van der Waals surface area contributed by atoms with E-state index in [4.69, 9.17) is 28.3 Å². The van der Waals surface area contributed by atoms with Crippen LogP contribution in [0, 0.1) is 5.92 Å². The van der Waals surface area contributed by atoms with Crippen LogP contribution in [-0.2, 0) is 9.59 Å². The Labute approximate surface area is 74.3 Å². The molecule has 5 heteroatoms. The summed E-state index contributed by atoms with van der Waals surface area (Å²) in [5, 5.41) is 8.47. The van der Waals surface area contributed by atoms with Crippen LogP contribution in [0.1, 0.15) is 13.3 Å². The van der Waals surface area contributed by atoms with E-state index in [9.17, 15) is 9.59 Å². The van der Waals surface area contributed by atoms with Crippen LogP contribution in [-0.4, -0.2) is 21.7 Å². The van der Waals surface area contributed by atoms with Gasteiger partial charge in [-0.15, -0.1) is 23.2 Å². The zero-order valence-electron chi connectivity index (χ0n) is 5.88. The maximum atomic E-state index is 10.5. The van der Waals surface area contributed by atoms with Gasteiger partial charge in [-0.25, -0.2) is 0 Å². The first-order valence-corrected chi connectivity index (χ1v) is 3.82. The number of hydrogen-bond acceptors (Lipinski definition) is 2. The molecular formula is C6H8Cl2O3. The molecule has 0 aliphatic carbocycles. The van der Waals surface area contributed by atoms with Crippen molar-refractivity contribution in [3.63, 3.8) is 0 Å². The fraction of sp³-hybridized carbons (Fsp3) is 0.667. The molecule has 0 aromatic carbocycles. The van der Waals surface area contributed by atoms with Gasteiger partial charge >= 0.3 is 5.97 Å². The van der Waals surface area contributed by atoms with E-state index in [0.29, 0.717) is 0 Å². The number of rotatable bonds is 4. The number of hydrogen-bond donors (Lipinski definition) is 1. The molecule has 0 aliphatic rings. The van der Waals surface area contributed by atoms with Crippen molar-refractivity contribution >= 4 is 35.0 Å². The molecule has 0 aromatic rings. The van der Waals surface area contributed by atoms with Gasteiger partial charge in [0.2, 0.25) is 0 Å². The van der Waals surface area contributed by atoms with Gasteiger partial charge in [-0.1, -0.05) is 0 Å². The Bertz CT molecular complexity index is 167. The van der Waals surface area contributed by atoms with Crippen molar-refractivity contribution < 1.29 is 14.7 Å². The Morgan fingerprint density at radius 3 is 2.00 bits per heavy atom. The van der Waals surface area contributed by atoms with Crippen LogP contribution in [0.2, 0.25) is 0 Å². The SMILES string of the molecule is CC(=O)CC(C(=O)O)C(Cl)Cl. The largest absolute Gasteiger partial charge is 0.481 e. The summed E-state index contributed by atoms with van der Waals surface area (Å²) < 4.78 is 0. The van der Waals surface area contributed by atoms with E-state index in [2.05, 4.69) is 0 Å². The van der Waals surface area contributed by atoms with Gasteiger partial charge in [0, 0.05) is 6.42 Å². The molecule has 0 saturated carbocycles. The predicted octanol–water partition coefficient (Wildman–Crippen LogP) is 1.47. The Kier molecular flexibility index (Phi) is 4.45. The zero-order chi connectivity index (χ0) is 9.02. The second kappa shape index (κ2) is 4.57. The minimum absolute atomic E-state index is 0.118.